The van der Waals surface area contributed by atoms with Gasteiger partial charge >= 0.3 is 5.97 Å². The van der Waals surface area contributed by atoms with E-state index in [0.717, 1.165) is 12.8 Å². The second-order valence-corrected chi connectivity index (χ2v) is 7.09. The average Bonchev–Trinajstić information content (AvgIpc) is 3.18. The fraction of sp³-hybridized carbons (Fsp3) is 0.579. The zero-order valence-corrected chi connectivity index (χ0v) is 14.9. The molecule has 1 saturated carbocycles. The highest BCUT2D eigenvalue weighted by Crippen LogP contribution is 2.49. The number of nitrogens with zero attached hydrogens (tertiary/aromatic N) is 1. The molecule has 2 atom stereocenters. The number of carbonyl (C=O) groups excluding carboxylic acids is 1. The maximum Gasteiger partial charge on any atom is 0.311 e. The van der Waals surface area contributed by atoms with Gasteiger partial charge < -0.3 is 19.5 Å². The minimum atomic E-state index is -0.818. The Balaban J connectivity index is 1.71. The number of carboxylic acid groups (broad SMARTS) is 1. The summed E-state index contributed by atoms with van der Waals surface area (Å²) in [6, 6.07) is 4.19. The van der Waals surface area contributed by atoms with Crippen LogP contribution in [0.2, 0.25) is 0 Å². The smallest absolute Gasteiger partial charge is 0.311 e. The lowest BCUT2D eigenvalue weighted by atomic mass is 9.81. The Morgan fingerprint density at radius 3 is 2.88 bits per heavy atom. The second-order valence-electron chi connectivity index (χ2n) is 7.09. The molecule has 0 unspecified atom stereocenters. The van der Waals surface area contributed by atoms with Crippen molar-refractivity contribution < 1.29 is 28.6 Å². The second kappa shape index (κ2) is 7.72. The van der Waals surface area contributed by atoms with E-state index in [1.807, 2.05) is 0 Å². The third-order valence-corrected chi connectivity index (χ3v) is 5.57. The molecule has 7 heteroatoms. The molecule has 1 heterocycles. The zero-order chi connectivity index (χ0) is 18.7. The van der Waals surface area contributed by atoms with E-state index in [0.29, 0.717) is 37.3 Å². The molecule has 0 bridgehead atoms. The number of methoxy groups -OCH3 is 1. The predicted molar refractivity (Wildman–Crippen MR) is 91.2 cm³/mol. The lowest BCUT2D eigenvalue weighted by Crippen LogP contribution is -2.37. The number of ether oxygens (including phenoxy) is 2. The van der Waals surface area contributed by atoms with Crippen LogP contribution in [0.1, 0.15) is 35.2 Å². The summed E-state index contributed by atoms with van der Waals surface area (Å²) in [6.07, 6.45) is 2.33. The topological polar surface area (TPSA) is 76.1 Å². The van der Waals surface area contributed by atoms with E-state index in [1.165, 1.54) is 18.2 Å². The van der Waals surface area contributed by atoms with E-state index in [1.54, 1.807) is 12.0 Å². The fourth-order valence-electron chi connectivity index (χ4n) is 4.12. The summed E-state index contributed by atoms with van der Waals surface area (Å²) in [4.78, 5) is 26.2. The van der Waals surface area contributed by atoms with Gasteiger partial charge in [0.2, 0.25) is 0 Å². The third-order valence-electron chi connectivity index (χ3n) is 5.57. The number of benzene rings is 1. The van der Waals surface area contributed by atoms with Gasteiger partial charge in [0, 0.05) is 31.3 Å². The van der Waals surface area contributed by atoms with Crippen molar-refractivity contribution in [2.45, 2.75) is 25.9 Å². The molecular weight excluding hydrogens is 341 g/mol. The molecule has 1 saturated heterocycles. The Labute approximate surface area is 151 Å². The van der Waals surface area contributed by atoms with Crippen molar-refractivity contribution in [1.82, 2.24) is 4.90 Å². The van der Waals surface area contributed by atoms with E-state index in [9.17, 15) is 19.1 Å². The molecule has 1 amide bonds. The Morgan fingerprint density at radius 1 is 1.38 bits per heavy atom. The molecule has 1 aliphatic carbocycles. The molecular formula is C19H24FNO5. The normalized spacial score (nSPS) is 24.7. The number of hydrogen-bond acceptors (Lipinski definition) is 4. The highest BCUT2D eigenvalue weighted by molar-refractivity contribution is 5.95. The summed E-state index contributed by atoms with van der Waals surface area (Å²) >= 11 is 0. The molecule has 2 aliphatic rings. The number of rotatable bonds is 7. The van der Waals surface area contributed by atoms with Crippen LogP contribution in [0.5, 0.6) is 0 Å². The average molecular weight is 365 g/mol. The van der Waals surface area contributed by atoms with Crippen LogP contribution in [0.25, 0.3) is 0 Å². The summed E-state index contributed by atoms with van der Waals surface area (Å²) < 4.78 is 24.2. The van der Waals surface area contributed by atoms with Crippen LogP contribution in [0.15, 0.2) is 18.2 Å². The van der Waals surface area contributed by atoms with Gasteiger partial charge in [-0.15, -0.1) is 0 Å². The Hall–Kier alpha value is -1.99. The van der Waals surface area contributed by atoms with E-state index < -0.39 is 17.2 Å². The minimum Gasteiger partial charge on any atom is -0.481 e. The van der Waals surface area contributed by atoms with E-state index in [4.69, 9.17) is 9.47 Å². The fourth-order valence-corrected chi connectivity index (χ4v) is 4.12. The van der Waals surface area contributed by atoms with Gasteiger partial charge in [-0.2, -0.15) is 0 Å². The van der Waals surface area contributed by atoms with Crippen molar-refractivity contribution in [3.63, 3.8) is 0 Å². The van der Waals surface area contributed by atoms with Crippen molar-refractivity contribution >= 4 is 11.9 Å². The quantitative estimate of drug-likeness (QED) is 0.751. The largest absolute Gasteiger partial charge is 0.481 e. The van der Waals surface area contributed by atoms with Crippen LogP contribution >= 0.6 is 0 Å². The summed E-state index contributed by atoms with van der Waals surface area (Å²) in [5.41, 5.74) is -0.154. The molecule has 0 radical (unpaired) electrons. The van der Waals surface area contributed by atoms with Gasteiger partial charge in [0.1, 0.15) is 5.82 Å². The molecule has 142 valence electrons. The summed E-state index contributed by atoms with van der Waals surface area (Å²) in [7, 11) is 1.55. The van der Waals surface area contributed by atoms with Crippen LogP contribution in [0.4, 0.5) is 4.39 Å². The van der Waals surface area contributed by atoms with E-state index in [2.05, 4.69) is 0 Å². The van der Waals surface area contributed by atoms with Crippen LogP contribution in [-0.2, 0) is 20.9 Å². The number of likely N-dealkylation sites (tertiary alicyclic amines) is 1. The summed E-state index contributed by atoms with van der Waals surface area (Å²) in [5, 5.41) is 9.65. The molecule has 2 fully saturated rings. The SMILES string of the molecule is COCCOCc1cc(C(=O)N2C[C@@H]3CCC[C@@]3(C(=O)O)C2)ccc1F. The molecule has 0 aromatic heterocycles. The van der Waals surface area contributed by atoms with Gasteiger partial charge in [-0.05, 0) is 37.0 Å². The Morgan fingerprint density at radius 2 is 2.19 bits per heavy atom. The number of carbonyl (C=O) groups is 2. The molecule has 26 heavy (non-hydrogen) atoms. The summed E-state index contributed by atoms with van der Waals surface area (Å²) in [6.45, 7) is 1.47. The number of carboxylic acids is 1. The lowest BCUT2D eigenvalue weighted by molar-refractivity contribution is -0.149. The van der Waals surface area contributed by atoms with Crippen molar-refractivity contribution in [3.05, 3.63) is 35.1 Å². The number of fused-ring (bicyclic) bond motifs is 1. The first-order valence-electron chi connectivity index (χ1n) is 8.86. The molecule has 1 aliphatic heterocycles. The number of hydrogen-bond donors (Lipinski definition) is 1. The summed E-state index contributed by atoms with van der Waals surface area (Å²) in [5.74, 6) is -1.50. The Bertz CT molecular complexity index is 695. The van der Waals surface area contributed by atoms with Crippen molar-refractivity contribution in [1.29, 1.82) is 0 Å². The van der Waals surface area contributed by atoms with Crippen LogP contribution in [0.3, 0.4) is 0 Å². The maximum absolute atomic E-state index is 14.0. The highest BCUT2D eigenvalue weighted by atomic mass is 19.1. The van der Waals surface area contributed by atoms with Gasteiger partial charge in [0.05, 0.1) is 25.2 Å². The van der Waals surface area contributed by atoms with E-state index >= 15 is 0 Å². The highest BCUT2D eigenvalue weighted by Gasteiger charge is 2.55. The van der Waals surface area contributed by atoms with Gasteiger partial charge in [-0.3, -0.25) is 9.59 Å². The number of halogens is 1. The van der Waals surface area contributed by atoms with Gasteiger partial charge in [-0.1, -0.05) is 6.42 Å². The molecule has 3 rings (SSSR count). The molecule has 1 aromatic rings. The van der Waals surface area contributed by atoms with Gasteiger partial charge in [-0.25, -0.2) is 4.39 Å². The first-order valence-corrected chi connectivity index (χ1v) is 8.86. The van der Waals surface area contributed by atoms with Crippen molar-refractivity contribution in [2.75, 3.05) is 33.4 Å². The predicted octanol–water partition coefficient (Wildman–Crippen LogP) is 2.32. The first-order chi connectivity index (χ1) is 12.5. The van der Waals surface area contributed by atoms with E-state index in [-0.39, 0.29) is 25.0 Å². The van der Waals surface area contributed by atoms with Crippen LogP contribution < -0.4 is 0 Å². The maximum atomic E-state index is 14.0. The van der Waals surface area contributed by atoms with Crippen LogP contribution in [-0.4, -0.2) is 55.3 Å². The van der Waals surface area contributed by atoms with Gasteiger partial charge in [0.15, 0.2) is 0 Å². The monoisotopic (exact) mass is 365 g/mol. The Kier molecular flexibility index (Phi) is 5.58. The lowest BCUT2D eigenvalue weighted by Gasteiger charge is -2.23. The first kappa shape index (κ1) is 18.8. The van der Waals surface area contributed by atoms with Crippen LogP contribution in [0, 0.1) is 17.2 Å². The molecule has 0 spiro atoms. The van der Waals surface area contributed by atoms with Crippen molar-refractivity contribution in [3.8, 4) is 0 Å². The zero-order valence-electron chi connectivity index (χ0n) is 14.9. The molecule has 1 N–H and O–H groups in total. The standard InChI is InChI=1S/C19H24FNO5/c1-25-7-8-26-11-14-9-13(4-5-16(14)20)17(22)21-10-15-3-2-6-19(15,12-21)18(23)24/h4-5,9,15H,2-3,6-8,10-12H2,1H3,(H,23,24)/t15-,19+/m0/s1. The minimum absolute atomic E-state index is 0.00115. The number of aliphatic carboxylic acids is 1. The van der Waals surface area contributed by atoms with Gasteiger partial charge in [0.25, 0.3) is 5.91 Å². The third kappa shape index (κ3) is 3.46. The van der Waals surface area contributed by atoms with Crippen molar-refractivity contribution in [2.24, 2.45) is 11.3 Å². The molecule has 6 nitrogen and oxygen atoms in total. The molecule has 1 aromatic carbocycles. The number of amides is 1.